The van der Waals surface area contributed by atoms with E-state index in [0.717, 1.165) is 43.4 Å². The minimum atomic E-state index is -0.887. The first-order valence-corrected chi connectivity index (χ1v) is 10.1. The number of carbonyl (C=O) groups excluding carboxylic acids is 1. The van der Waals surface area contributed by atoms with E-state index in [9.17, 15) is 14.7 Å². The number of amides is 1. The lowest BCUT2D eigenvalue weighted by atomic mass is 9.88. The summed E-state index contributed by atoms with van der Waals surface area (Å²) in [6.45, 7) is 5.52. The highest BCUT2D eigenvalue weighted by atomic mass is 16.5. The van der Waals surface area contributed by atoms with Crippen molar-refractivity contribution in [2.45, 2.75) is 51.9 Å². The van der Waals surface area contributed by atoms with Gasteiger partial charge in [0.15, 0.2) is 0 Å². The largest absolute Gasteiger partial charge is 0.478 e. The molecule has 0 aliphatic carbocycles. The van der Waals surface area contributed by atoms with Gasteiger partial charge in [-0.05, 0) is 49.7 Å². The fourth-order valence-electron chi connectivity index (χ4n) is 4.00. The maximum absolute atomic E-state index is 12.7. The van der Waals surface area contributed by atoms with Crippen molar-refractivity contribution in [3.63, 3.8) is 0 Å². The monoisotopic (exact) mass is 384 g/mol. The van der Waals surface area contributed by atoms with E-state index in [1.807, 2.05) is 17.0 Å². The van der Waals surface area contributed by atoms with Gasteiger partial charge in [-0.1, -0.05) is 37.2 Å². The van der Waals surface area contributed by atoms with Gasteiger partial charge in [-0.25, -0.2) is 4.79 Å². The molecule has 0 atom stereocenters. The standard InChI is InChI=1S/C22H28N2O4/c1-3-16(4-2)19-14-20(28-23-19)21(25)24-11-9-15(10-12-24)13-17-7-5-6-8-18(17)22(26)27/h5-8,14-16H,3-4,9-13H2,1-2H3,(H,26,27). The number of benzene rings is 1. The maximum Gasteiger partial charge on any atom is 0.335 e. The summed E-state index contributed by atoms with van der Waals surface area (Å²) in [4.78, 5) is 25.9. The van der Waals surface area contributed by atoms with Gasteiger partial charge < -0.3 is 14.5 Å². The van der Waals surface area contributed by atoms with Crippen molar-refractivity contribution < 1.29 is 19.2 Å². The van der Waals surface area contributed by atoms with Gasteiger partial charge in [0.2, 0.25) is 5.76 Å². The first-order valence-electron chi connectivity index (χ1n) is 10.1. The summed E-state index contributed by atoms with van der Waals surface area (Å²) >= 11 is 0. The second kappa shape index (κ2) is 9.04. The van der Waals surface area contributed by atoms with Crippen LogP contribution in [0.1, 0.15) is 77.6 Å². The molecule has 0 bridgehead atoms. The summed E-state index contributed by atoms with van der Waals surface area (Å²) in [6.07, 6.45) is 4.38. The molecule has 1 aliphatic rings. The minimum absolute atomic E-state index is 0.103. The Hall–Kier alpha value is -2.63. The van der Waals surface area contributed by atoms with Gasteiger partial charge in [0.1, 0.15) is 0 Å². The third kappa shape index (κ3) is 4.43. The summed E-state index contributed by atoms with van der Waals surface area (Å²) in [7, 11) is 0. The van der Waals surface area contributed by atoms with E-state index >= 15 is 0 Å². The van der Waals surface area contributed by atoms with Gasteiger partial charge in [0.05, 0.1) is 11.3 Å². The summed E-state index contributed by atoms with van der Waals surface area (Å²) in [6, 6.07) is 8.95. The van der Waals surface area contributed by atoms with Gasteiger partial charge in [0, 0.05) is 25.1 Å². The fraction of sp³-hybridized carbons (Fsp3) is 0.500. The Labute approximate surface area is 165 Å². The van der Waals surface area contributed by atoms with E-state index in [2.05, 4.69) is 19.0 Å². The SMILES string of the molecule is CCC(CC)c1cc(C(=O)N2CCC(Cc3ccccc3C(=O)O)CC2)on1. The Bertz CT molecular complexity index is 817. The topological polar surface area (TPSA) is 83.6 Å². The lowest BCUT2D eigenvalue weighted by molar-refractivity contribution is 0.0648. The highest BCUT2D eigenvalue weighted by Gasteiger charge is 2.27. The lowest BCUT2D eigenvalue weighted by Crippen LogP contribution is -2.38. The van der Waals surface area contributed by atoms with Crippen molar-refractivity contribution in [3.8, 4) is 0 Å². The van der Waals surface area contributed by atoms with E-state index in [-0.39, 0.29) is 5.91 Å². The van der Waals surface area contributed by atoms with Crippen LogP contribution in [0.2, 0.25) is 0 Å². The molecular formula is C22H28N2O4. The molecule has 0 radical (unpaired) electrons. The second-order valence-corrected chi connectivity index (χ2v) is 7.53. The Morgan fingerprint density at radius 1 is 1.21 bits per heavy atom. The van der Waals surface area contributed by atoms with Crippen LogP contribution in [0.25, 0.3) is 0 Å². The molecule has 0 spiro atoms. The van der Waals surface area contributed by atoms with Gasteiger partial charge >= 0.3 is 5.97 Å². The summed E-state index contributed by atoms with van der Waals surface area (Å²) in [5.41, 5.74) is 2.09. The number of rotatable bonds is 7. The molecule has 1 amide bonds. The summed E-state index contributed by atoms with van der Waals surface area (Å²) in [5.74, 6) is 0.0252. The molecule has 0 unspecified atom stereocenters. The van der Waals surface area contributed by atoms with E-state index < -0.39 is 5.97 Å². The van der Waals surface area contributed by atoms with Gasteiger partial charge in [0.25, 0.3) is 5.91 Å². The maximum atomic E-state index is 12.7. The molecule has 6 heteroatoms. The molecule has 1 aromatic carbocycles. The molecular weight excluding hydrogens is 356 g/mol. The van der Waals surface area contributed by atoms with Crippen molar-refractivity contribution in [2.24, 2.45) is 5.92 Å². The number of aromatic carboxylic acids is 1. The smallest absolute Gasteiger partial charge is 0.335 e. The fourth-order valence-corrected chi connectivity index (χ4v) is 4.00. The lowest BCUT2D eigenvalue weighted by Gasteiger charge is -2.31. The van der Waals surface area contributed by atoms with Crippen LogP contribution in [0.5, 0.6) is 0 Å². The zero-order valence-corrected chi connectivity index (χ0v) is 16.6. The molecule has 0 saturated carbocycles. The van der Waals surface area contributed by atoms with Crippen LogP contribution < -0.4 is 0 Å². The summed E-state index contributed by atoms with van der Waals surface area (Å²) in [5, 5.41) is 13.4. The zero-order chi connectivity index (χ0) is 20.1. The first kappa shape index (κ1) is 20.1. The van der Waals surface area contributed by atoms with Crippen LogP contribution in [-0.2, 0) is 6.42 Å². The number of carbonyl (C=O) groups is 2. The number of carboxylic acids is 1. The molecule has 3 rings (SSSR count). The zero-order valence-electron chi connectivity index (χ0n) is 16.6. The molecule has 1 saturated heterocycles. The van der Waals surface area contributed by atoms with Crippen LogP contribution in [0.4, 0.5) is 0 Å². The average molecular weight is 384 g/mol. The van der Waals surface area contributed by atoms with Crippen LogP contribution in [0, 0.1) is 5.92 Å². The Kier molecular flexibility index (Phi) is 6.49. The third-order valence-corrected chi connectivity index (χ3v) is 5.80. The van der Waals surface area contributed by atoms with E-state index in [1.165, 1.54) is 0 Å². The predicted molar refractivity (Wildman–Crippen MR) is 106 cm³/mol. The highest BCUT2D eigenvalue weighted by molar-refractivity contribution is 5.91. The molecule has 2 heterocycles. The Balaban J connectivity index is 1.58. The molecule has 1 aliphatic heterocycles. The number of carboxylic acid groups (broad SMARTS) is 1. The average Bonchev–Trinajstić information content (AvgIpc) is 3.19. The molecule has 6 nitrogen and oxygen atoms in total. The van der Waals surface area contributed by atoms with Crippen LogP contribution in [0.15, 0.2) is 34.9 Å². The number of hydrogen-bond acceptors (Lipinski definition) is 4. The molecule has 150 valence electrons. The predicted octanol–water partition coefficient (Wildman–Crippen LogP) is 4.37. The third-order valence-electron chi connectivity index (χ3n) is 5.80. The van der Waals surface area contributed by atoms with Gasteiger partial charge in [-0.2, -0.15) is 0 Å². The quantitative estimate of drug-likeness (QED) is 0.766. The summed E-state index contributed by atoms with van der Waals surface area (Å²) < 4.78 is 5.32. The van der Waals surface area contributed by atoms with Crippen LogP contribution in [-0.4, -0.2) is 40.1 Å². The molecule has 28 heavy (non-hydrogen) atoms. The Morgan fingerprint density at radius 3 is 2.54 bits per heavy atom. The van der Waals surface area contributed by atoms with Crippen LogP contribution in [0.3, 0.4) is 0 Å². The number of piperidine rings is 1. The number of likely N-dealkylation sites (tertiary alicyclic amines) is 1. The van der Waals surface area contributed by atoms with E-state index in [0.29, 0.717) is 36.2 Å². The van der Waals surface area contributed by atoms with Crippen molar-refractivity contribution in [2.75, 3.05) is 13.1 Å². The van der Waals surface area contributed by atoms with Crippen molar-refractivity contribution >= 4 is 11.9 Å². The van der Waals surface area contributed by atoms with Crippen LogP contribution >= 0.6 is 0 Å². The van der Waals surface area contributed by atoms with Gasteiger partial charge in [-0.15, -0.1) is 0 Å². The normalized spacial score (nSPS) is 15.2. The number of aromatic nitrogens is 1. The van der Waals surface area contributed by atoms with Crippen molar-refractivity contribution in [1.82, 2.24) is 10.1 Å². The first-order chi connectivity index (χ1) is 13.5. The number of nitrogens with zero attached hydrogens (tertiary/aromatic N) is 2. The molecule has 1 aromatic heterocycles. The molecule has 1 N–H and O–H groups in total. The van der Waals surface area contributed by atoms with Gasteiger partial charge in [-0.3, -0.25) is 4.79 Å². The molecule has 1 fully saturated rings. The second-order valence-electron chi connectivity index (χ2n) is 7.53. The Morgan fingerprint density at radius 2 is 1.89 bits per heavy atom. The minimum Gasteiger partial charge on any atom is -0.478 e. The molecule has 2 aromatic rings. The number of hydrogen-bond donors (Lipinski definition) is 1. The van der Waals surface area contributed by atoms with E-state index in [1.54, 1.807) is 18.2 Å². The van der Waals surface area contributed by atoms with E-state index in [4.69, 9.17) is 4.52 Å². The van der Waals surface area contributed by atoms with Crippen molar-refractivity contribution in [3.05, 3.63) is 52.9 Å². The van der Waals surface area contributed by atoms with Crippen molar-refractivity contribution in [1.29, 1.82) is 0 Å². The highest BCUT2D eigenvalue weighted by Crippen LogP contribution is 2.26.